The van der Waals surface area contributed by atoms with Gasteiger partial charge in [0, 0.05) is 10.4 Å². The fourth-order valence-corrected chi connectivity index (χ4v) is 4.86. The first kappa shape index (κ1) is 14.8. The zero-order valence-corrected chi connectivity index (χ0v) is 15.0. The molecule has 0 amide bonds. The Bertz CT molecular complexity index is 1080. The number of benzene rings is 1. The highest BCUT2D eigenvalue weighted by Crippen LogP contribution is 2.39. The van der Waals surface area contributed by atoms with Gasteiger partial charge in [-0.15, -0.1) is 21.5 Å². The smallest absolute Gasteiger partial charge is 0.172 e. The normalized spacial score (nSPS) is 17.1. The molecule has 0 aliphatic heterocycles. The average molecular weight is 350 g/mol. The molecule has 5 rings (SSSR count). The molecule has 3 heterocycles. The van der Waals surface area contributed by atoms with Crippen molar-refractivity contribution in [2.75, 3.05) is 7.11 Å². The number of aryl methyl sites for hydroxylation is 1. The van der Waals surface area contributed by atoms with Gasteiger partial charge < -0.3 is 4.74 Å². The number of methoxy groups -OCH3 is 1. The van der Waals surface area contributed by atoms with Crippen LogP contribution >= 0.6 is 11.3 Å². The van der Waals surface area contributed by atoms with Gasteiger partial charge >= 0.3 is 0 Å². The topological polar surface area (TPSA) is 52.3 Å². The summed E-state index contributed by atoms with van der Waals surface area (Å²) >= 11 is 1.82. The van der Waals surface area contributed by atoms with Crippen LogP contribution in [0.5, 0.6) is 5.75 Å². The van der Waals surface area contributed by atoms with Gasteiger partial charge in [-0.3, -0.25) is 4.40 Å². The van der Waals surface area contributed by atoms with Crippen molar-refractivity contribution < 1.29 is 4.74 Å². The zero-order valence-electron chi connectivity index (χ0n) is 14.2. The van der Waals surface area contributed by atoms with Gasteiger partial charge in [-0.1, -0.05) is 6.92 Å². The third-order valence-electron chi connectivity index (χ3n) is 5.05. The van der Waals surface area contributed by atoms with Gasteiger partial charge in [0.05, 0.1) is 12.5 Å². The van der Waals surface area contributed by atoms with Crippen molar-refractivity contribution in [2.24, 2.45) is 5.92 Å². The summed E-state index contributed by atoms with van der Waals surface area (Å²) in [6.45, 7) is 2.33. The largest absolute Gasteiger partial charge is 0.497 e. The van der Waals surface area contributed by atoms with Crippen molar-refractivity contribution in [3.05, 3.63) is 41.0 Å². The molecule has 0 unspecified atom stereocenters. The van der Waals surface area contributed by atoms with Gasteiger partial charge in [0.25, 0.3) is 0 Å². The van der Waals surface area contributed by atoms with Gasteiger partial charge in [-0.2, -0.15) is 0 Å². The Morgan fingerprint density at radius 2 is 2.04 bits per heavy atom. The lowest BCUT2D eigenvalue weighted by atomic mass is 9.89. The highest BCUT2D eigenvalue weighted by atomic mass is 32.1. The summed E-state index contributed by atoms with van der Waals surface area (Å²) < 4.78 is 7.25. The molecule has 0 fully saturated rings. The van der Waals surface area contributed by atoms with E-state index >= 15 is 0 Å². The first-order valence-electron chi connectivity index (χ1n) is 8.53. The van der Waals surface area contributed by atoms with Crippen LogP contribution in [-0.2, 0) is 12.8 Å². The van der Waals surface area contributed by atoms with E-state index in [2.05, 4.69) is 17.1 Å². The number of ether oxygens (including phenoxy) is 1. The number of thiophene rings is 1. The SMILES string of the molecule is COc1ccc(-c2nnc3c4c5c(sc4ncn23)CC[C@@H](C)C5)cc1. The minimum atomic E-state index is 0.717. The van der Waals surface area contributed by atoms with E-state index in [0.717, 1.165) is 46.4 Å². The molecule has 6 heteroatoms. The maximum Gasteiger partial charge on any atom is 0.172 e. The minimum Gasteiger partial charge on any atom is -0.497 e. The van der Waals surface area contributed by atoms with Crippen molar-refractivity contribution >= 4 is 27.2 Å². The first-order valence-corrected chi connectivity index (χ1v) is 9.34. The molecule has 5 nitrogen and oxygen atoms in total. The van der Waals surface area contributed by atoms with Crippen molar-refractivity contribution in [3.8, 4) is 17.1 Å². The standard InChI is InChI=1S/C19H18N4OS/c1-11-3-8-15-14(9-11)16-18-22-21-17(23(18)10-20-19(16)25-15)12-4-6-13(24-2)7-5-12/h4-7,10-11H,3,8-9H2,1-2H3/t11-/m1/s1. The quantitative estimate of drug-likeness (QED) is 0.545. The summed E-state index contributed by atoms with van der Waals surface area (Å²) in [5.41, 5.74) is 3.36. The molecule has 0 saturated carbocycles. The molecule has 4 aromatic rings. The van der Waals surface area contributed by atoms with Crippen LogP contribution in [0.2, 0.25) is 0 Å². The summed E-state index contributed by atoms with van der Waals surface area (Å²) in [5, 5.41) is 10.2. The van der Waals surface area contributed by atoms with Crippen LogP contribution < -0.4 is 4.74 Å². The first-order chi connectivity index (χ1) is 12.2. The van der Waals surface area contributed by atoms with Gasteiger partial charge in [0.1, 0.15) is 16.9 Å². The Morgan fingerprint density at radius 1 is 1.20 bits per heavy atom. The number of aromatic nitrogens is 4. The molecule has 0 saturated heterocycles. The van der Waals surface area contributed by atoms with Gasteiger partial charge in [0.2, 0.25) is 0 Å². The molecule has 1 atom stereocenters. The zero-order chi connectivity index (χ0) is 17.0. The number of fused-ring (bicyclic) bond motifs is 5. The van der Waals surface area contributed by atoms with E-state index < -0.39 is 0 Å². The molecule has 0 radical (unpaired) electrons. The van der Waals surface area contributed by atoms with Gasteiger partial charge in [-0.05, 0) is 55.0 Å². The molecular weight excluding hydrogens is 332 g/mol. The summed E-state index contributed by atoms with van der Waals surface area (Å²) in [6, 6.07) is 7.89. The number of rotatable bonds is 2. The fraction of sp³-hybridized carbons (Fsp3) is 0.316. The molecule has 25 heavy (non-hydrogen) atoms. The van der Waals surface area contributed by atoms with Crippen LogP contribution in [0.1, 0.15) is 23.8 Å². The van der Waals surface area contributed by atoms with E-state index in [0.29, 0.717) is 0 Å². The molecular formula is C19H18N4OS. The molecule has 3 aromatic heterocycles. The number of hydrogen-bond acceptors (Lipinski definition) is 5. The third kappa shape index (κ3) is 2.24. The van der Waals surface area contributed by atoms with Crippen LogP contribution in [0.15, 0.2) is 30.6 Å². The molecule has 0 spiro atoms. The van der Waals surface area contributed by atoms with E-state index in [-0.39, 0.29) is 0 Å². The lowest BCUT2D eigenvalue weighted by Gasteiger charge is -2.17. The molecule has 1 aliphatic carbocycles. The highest BCUT2D eigenvalue weighted by molar-refractivity contribution is 7.19. The maximum absolute atomic E-state index is 5.24. The Balaban J connectivity index is 1.72. The number of nitrogens with zero attached hydrogens (tertiary/aromatic N) is 4. The summed E-state index contributed by atoms with van der Waals surface area (Å²) in [6.07, 6.45) is 5.38. The van der Waals surface area contributed by atoms with Crippen LogP contribution in [0, 0.1) is 5.92 Å². The minimum absolute atomic E-state index is 0.717. The molecule has 0 N–H and O–H groups in total. The van der Waals surface area contributed by atoms with Gasteiger partial charge in [-0.25, -0.2) is 4.98 Å². The molecule has 0 bridgehead atoms. The Hall–Kier alpha value is -2.47. The Morgan fingerprint density at radius 3 is 2.84 bits per heavy atom. The second-order valence-electron chi connectivity index (χ2n) is 6.72. The molecule has 126 valence electrons. The van der Waals surface area contributed by atoms with Crippen molar-refractivity contribution in [2.45, 2.75) is 26.2 Å². The fourth-order valence-electron chi connectivity index (χ4n) is 3.68. The highest BCUT2D eigenvalue weighted by Gasteiger charge is 2.24. The Kier molecular flexibility index (Phi) is 3.28. The van der Waals surface area contributed by atoms with E-state index in [9.17, 15) is 0 Å². The maximum atomic E-state index is 5.24. The van der Waals surface area contributed by atoms with Crippen LogP contribution in [-0.4, -0.2) is 26.7 Å². The van der Waals surface area contributed by atoms with Crippen LogP contribution in [0.25, 0.3) is 27.3 Å². The van der Waals surface area contributed by atoms with Crippen molar-refractivity contribution in [3.63, 3.8) is 0 Å². The van der Waals surface area contributed by atoms with E-state index in [4.69, 9.17) is 9.72 Å². The summed E-state index contributed by atoms with van der Waals surface area (Å²) in [5.74, 6) is 2.37. The predicted molar refractivity (Wildman–Crippen MR) is 99.3 cm³/mol. The molecule has 1 aliphatic rings. The molecule has 1 aromatic carbocycles. The van der Waals surface area contributed by atoms with Crippen molar-refractivity contribution in [1.29, 1.82) is 0 Å². The Labute approximate surface area is 149 Å². The van der Waals surface area contributed by atoms with Crippen LogP contribution in [0.4, 0.5) is 0 Å². The summed E-state index contributed by atoms with van der Waals surface area (Å²) in [7, 11) is 1.67. The lowest BCUT2D eigenvalue weighted by Crippen LogP contribution is -2.09. The second-order valence-corrected chi connectivity index (χ2v) is 7.81. The lowest BCUT2D eigenvalue weighted by molar-refractivity contribution is 0.415. The van der Waals surface area contributed by atoms with E-state index in [1.54, 1.807) is 7.11 Å². The van der Waals surface area contributed by atoms with Crippen LogP contribution in [0.3, 0.4) is 0 Å². The van der Waals surface area contributed by atoms with Crippen molar-refractivity contribution in [1.82, 2.24) is 19.6 Å². The van der Waals surface area contributed by atoms with E-state index in [1.807, 2.05) is 46.3 Å². The monoisotopic (exact) mass is 350 g/mol. The summed E-state index contributed by atoms with van der Waals surface area (Å²) in [4.78, 5) is 7.27. The third-order valence-corrected chi connectivity index (χ3v) is 6.25. The predicted octanol–water partition coefficient (Wildman–Crippen LogP) is 4.14. The van der Waals surface area contributed by atoms with E-state index in [1.165, 1.54) is 22.2 Å². The average Bonchev–Trinajstić information content (AvgIpc) is 3.22. The second kappa shape index (κ2) is 5.52. The van der Waals surface area contributed by atoms with Gasteiger partial charge in [0.15, 0.2) is 11.5 Å². The number of hydrogen-bond donors (Lipinski definition) is 0.